The Morgan fingerprint density at radius 1 is 1.18 bits per heavy atom. The van der Waals surface area contributed by atoms with E-state index in [1.54, 1.807) is 0 Å². The van der Waals surface area contributed by atoms with E-state index in [-0.39, 0.29) is 6.42 Å². The molecular formula is C12H20O5. The highest BCUT2D eigenvalue weighted by Crippen LogP contribution is 2.32. The monoisotopic (exact) mass is 244 g/mol. The van der Waals surface area contributed by atoms with Crippen molar-refractivity contribution in [3.05, 3.63) is 0 Å². The highest BCUT2D eigenvalue weighted by molar-refractivity contribution is 5.67. The van der Waals surface area contributed by atoms with Crippen molar-refractivity contribution in [3.8, 4) is 0 Å². The summed E-state index contributed by atoms with van der Waals surface area (Å²) in [6.07, 6.45) is 3.68. The lowest BCUT2D eigenvalue weighted by Crippen LogP contribution is -2.34. The van der Waals surface area contributed by atoms with E-state index in [9.17, 15) is 4.79 Å². The molecule has 5 nitrogen and oxygen atoms in total. The lowest BCUT2D eigenvalue weighted by atomic mass is 9.91. The first kappa shape index (κ1) is 12.8. The van der Waals surface area contributed by atoms with Gasteiger partial charge in [0.05, 0.1) is 19.6 Å². The van der Waals surface area contributed by atoms with Crippen LogP contribution in [0.25, 0.3) is 0 Å². The predicted molar refractivity (Wildman–Crippen MR) is 59.7 cm³/mol. The molecule has 98 valence electrons. The van der Waals surface area contributed by atoms with Gasteiger partial charge in [0, 0.05) is 19.6 Å². The van der Waals surface area contributed by atoms with Crippen molar-refractivity contribution in [3.63, 3.8) is 0 Å². The molecule has 0 aliphatic carbocycles. The molecule has 2 aliphatic heterocycles. The molecule has 2 fully saturated rings. The number of hydrogen-bond donors (Lipinski definition) is 1. The predicted octanol–water partition coefficient (Wildman–Crippen LogP) is 1.41. The molecule has 0 amide bonds. The van der Waals surface area contributed by atoms with Crippen LogP contribution in [0.1, 0.15) is 32.1 Å². The summed E-state index contributed by atoms with van der Waals surface area (Å²) in [5.74, 6) is -1.12. The van der Waals surface area contributed by atoms with Gasteiger partial charge in [0.2, 0.25) is 0 Å². The average Bonchev–Trinajstić information content (AvgIpc) is 2.76. The lowest BCUT2D eigenvalue weighted by Gasteiger charge is -2.29. The van der Waals surface area contributed by atoms with Gasteiger partial charge in [-0.25, -0.2) is 0 Å². The molecule has 0 aromatic heterocycles. The maximum atomic E-state index is 10.8. The van der Waals surface area contributed by atoms with Gasteiger partial charge in [0.1, 0.15) is 0 Å². The number of rotatable bonds is 5. The van der Waals surface area contributed by atoms with E-state index in [0.29, 0.717) is 25.6 Å². The van der Waals surface area contributed by atoms with E-state index in [2.05, 4.69) is 0 Å². The van der Waals surface area contributed by atoms with Gasteiger partial charge in [-0.2, -0.15) is 0 Å². The van der Waals surface area contributed by atoms with Crippen molar-refractivity contribution >= 4 is 5.97 Å². The standard InChI is InChI=1S/C12H20O5/c13-11(14)9-12(16-7-8-17-12)4-1-10-2-5-15-6-3-10/h10H,1-9H2,(H,13,14). The first-order valence-corrected chi connectivity index (χ1v) is 6.28. The second-order valence-electron chi connectivity index (χ2n) is 4.77. The van der Waals surface area contributed by atoms with Crippen molar-refractivity contribution in [1.82, 2.24) is 0 Å². The number of hydrogen-bond acceptors (Lipinski definition) is 4. The molecule has 2 saturated heterocycles. The topological polar surface area (TPSA) is 65.0 Å². The number of carbonyl (C=O) groups is 1. The molecule has 0 aromatic carbocycles. The fourth-order valence-electron chi connectivity index (χ4n) is 2.52. The van der Waals surface area contributed by atoms with Crippen LogP contribution in [-0.2, 0) is 19.0 Å². The Labute approximate surface area is 101 Å². The molecule has 0 spiro atoms. The van der Waals surface area contributed by atoms with Gasteiger partial charge in [-0.3, -0.25) is 4.79 Å². The quantitative estimate of drug-likeness (QED) is 0.792. The van der Waals surface area contributed by atoms with Crippen molar-refractivity contribution in [1.29, 1.82) is 0 Å². The van der Waals surface area contributed by atoms with Crippen LogP contribution in [-0.4, -0.2) is 43.3 Å². The van der Waals surface area contributed by atoms with Crippen LogP contribution in [0.3, 0.4) is 0 Å². The summed E-state index contributed by atoms with van der Waals surface area (Å²) < 4.78 is 16.3. The Bertz CT molecular complexity index is 254. The Kier molecular flexibility index (Phi) is 4.36. The van der Waals surface area contributed by atoms with Crippen molar-refractivity contribution in [2.75, 3.05) is 26.4 Å². The first-order valence-electron chi connectivity index (χ1n) is 6.28. The van der Waals surface area contributed by atoms with Crippen LogP contribution in [0.4, 0.5) is 0 Å². The fraction of sp³-hybridized carbons (Fsp3) is 0.917. The Morgan fingerprint density at radius 2 is 1.82 bits per heavy atom. The molecule has 0 radical (unpaired) electrons. The SMILES string of the molecule is O=C(O)CC1(CCC2CCOCC2)OCCO1. The molecule has 0 unspecified atom stereocenters. The third-order valence-corrected chi connectivity index (χ3v) is 3.51. The largest absolute Gasteiger partial charge is 0.481 e. The summed E-state index contributed by atoms with van der Waals surface area (Å²) in [6.45, 7) is 2.64. The maximum absolute atomic E-state index is 10.8. The van der Waals surface area contributed by atoms with E-state index in [0.717, 1.165) is 32.5 Å². The molecule has 0 atom stereocenters. The molecule has 5 heteroatoms. The van der Waals surface area contributed by atoms with Crippen LogP contribution >= 0.6 is 0 Å². The van der Waals surface area contributed by atoms with Gasteiger partial charge in [-0.05, 0) is 25.2 Å². The van der Waals surface area contributed by atoms with Gasteiger partial charge >= 0.3 is 5.97 Å². The second kappa shape index (κ2) is 5.80. The molecule has 0 aromatic rings. The molecule has 2 rings (SSSR count). The Morgan fingerprint density at radius 3 is 2.41 bits per heavy atom. The van der Waals surface area contributed by atoms with E-state index in [1.165, 1.54) is 0 Å². The van der Waals surface area contributed by atoms with Gasteiger partial charge in [0.25, 0.3) is 0 Å². The number of carboxylic acid groups (broad SMARTS) is 1. The van der Waals surface area contributed by atoms with Crippen LogP contribution in [0.15, 0.2) is 0 Å². The zero-order chi connectivity index (χ0) is 12.1. The van der Waals surface area contributed by atoms with Crippen molar-refractivity contribution in [2.24, 2.45) is 5.92 Å². The molecule has 2 heterocycles. The second-order valence-corrected chi connectivity index (χ2v) is 4.77. The number of ether oxygens (including phenoxy) is 3. The van der Waals surface area contributed by atoms with Gasteiger partial charge in [-0.1, -0.05) is 0 Å². The average molecular weight is 244 g/mol. The minimum atomic E-state index is -0.871. The minimum absolute atomic E-state index is 0.0593. The van der Waals surface area contributed by atoms with Gasteiger partial charge in [-0.15, -0.1) is 0 Å². The minimum Gasteiger partial charge on any atom is -0.481 e. The fourth-order valence-corrected chi connectivity index (χ4v) is 2.52. The van der Waals surface area contributed by atoms with E-state index in [4.69, 9.17) is 19.3 Å². The zero-order valence-corrected chi connectivity index (χ0v) is 10.0. The van der Waals surface area contributed by atoms with Crippen LogP contribution < -0.4 is 0 Å². The first-order chi connectivity index (χ1) is 8.20. The molecular weight excluding hydrogens is 224 g/mol. The maximum Gasteiger partial charge on any atom is 0.308 e. The van der Waals surface area contributed by atoms with Gasteiger partial charge in [0.15, 0.2) is 5.79 Å². The smallest absolute Gasteiger partial charge is 0.308 e. The summed E-state index contributed by atoms with van der Waals surface area (Å²) in [7, 11) is 0. The Hall–Kier alpha value is -0.650. The molecule has 2 aliphatic rings. The summed E-state index contributed by atoms with van der Waals surface area (Å²) in [6, 6.07) is 0. The van der Waals surface area contributed by atoms with E-state index >= 15 is 0 Å². The summed E-state index contributed by atoms with van der Waals surface area (Å²) in [5.41, 5.74) is 0. The van der Waals surface area contributed by atoms with Crippen molar-refractivity contribution < 1.29 is 24.1 Å². The van der Waals surface area contributed by atoms with E-state index < -0.39 is 11.8 Å². The summed E-state index contributed by atoms with van der Waals surface area (Å²) in [4.78, 5) is 10.8. The van der Waals surface area contributed by atoms with Crippen molar-refractivity contribution in [2.45, 2.75) is 37.9 Å². The summed E-state index contributed by atoms with van der Waals surface area (Å²) >= 11 is 0. The molecule has 0 bridgehead atoms. The summed E-state index contributed by atoms with van der Waals surface area (Å²) in [5, 5.41) is 8.90. The number of aliphatic carboxylic acids is 1. The zero-order valence-electron chi connectivity index (χ0n) is 10.0. The molecule has 17 heavy (non-hydrogen) atoms. The number of carboxylic acids is 1. The highest BCUT2D eigenvalue weighted by Gasteiger charge is 2.39. The van der Waals surface area contributed by atoms with Crippen LogP contribution in [0, 0.1) is 5.92 Å². The third-order valence-electron chi connectivity index (χ3n) is 3.51. The van der Waals surface area contributed by atoms with E-state index in [1.807, 2.05) is 0 Å². The third kappa shape index (κ3) is 3.66. The normalized spacial score (nSPS) is 24.9. The molecule has 1 N–H and O–H groups in total. The van der Waals surface area contributed by atoms with Crippen LogP contribution in [0.5, 0.6) is 0 Å². The van der Waals surface area contributed by atoms with Gasteiger partial charge < -0.3 is 19.3 Å². The Balaban J connectivity index is 1.82. The van der Waals surface area contributed by atoms with Crippen LogP contribution in [0.2, 0.25) is 0 Å². The highest BCUT2D eigenvalue weighted by atomic mass is 16.7. The lowest BCUT2D eigenvalue weighted by molar-refractivity contribution is -0.184. The molecule has 0 saturated carbocycles.